The van der Waals surface area contributed by atoms with Crippen LogP contribution in [0.3, 0.4) is 0 Å². The van der Waals surface area contributed by atoms with Crippen molar-refractivity contribution in [1.29, 1.82) is 0 Å². The van der Waals surface area contributed by atoms with Crippen molar-refractivity contribution < 1.29 is 4.79 Å². The largest absolute Gasteiger partial charge is 0.298 e. The lowest BCUT2D eigenvalue weighted by atomic mass is 10.2. The number of halogens is 2. The Kier molecular flexibility index (Phi) is 2.88. The average molecular weight is 286 g/mol. The number of benzene rings is 1. The Hall–Kier alpha value is -1.13. The van der Waals surface area contributed by atoms with Crippen molar-refractivity contribution in [2.24, 2.45) is 0 Å². The number of aromatic nitrogens is 2. The smallest absolute Gasteiger partial charge is 0.150 e. The highest BCUT2D eigenvalue weighted by atomic mass is 79.9. The van der Waals surface area contributed by atoms with Crippen molar-refractivity contribution in [2.45, 2.75) is 0 Å². The number of carbonyl (C=O) groups excluding carboxylic acids is 1. The lowest BCUT2D eigenvalue weighted by molar-refractivity contribution is 0.112. The van der Waals surface area contributed by atoms with Crippen molar-refractivity contribution >= 4 is 33.8 Å². The van der Waals surface area contributed by atoms with Crippen LogP contribution in [0.25, 0.3) is 5.69 Å². The summed E-state index contributed by atoms with van der Waals surface area (Å²) in [5.74, 6) is 0. The second-order valence-electron chi connectivity index (χ2n) is 2.93. The fourth-order valence-electron chi connectivity index (χ4n) is 1.21. The summed E-state index contributed by atoms with van der Waals surface area (Å²) in [5, 5.41) is 4.64. The molecular formula is C10H6BrClN2O. The first kappa shape index (κ1) is 10.4. The van der Waals surface area contributed by atoms with Gasteiger partial charge in [0.15, 0.2) is 0 Å². The summed E-state index contributed by atoms with van der Waals surface area (Å²) in [4.78, 5) is 10.5. The van der Waals surface area contributed by atoms with E-state index in [2.05, 4.69) is 21.0 Å². The first-order valence-electron chi connectivity index (χ1n) is 4.16. The topological polar surface area (TPSA) is 34.9 Å². The molecule has 0 fully saturated rings. The highest BCUT2D eigenvalue weighted by molar-refractivity contribution is 9.10. The van der Waals surface area contributed by atoms with Crippen LogP contribution in [0.1, 0.15) is 10.4 Å². The van der Waals surface area contributed by atoms with Crippen LogP contribution in [0.4, 0.5) is 0 Å². The normalized spacial score (nSPS) is 10.3. The molecule has 0 N–H and O–H groups in total. The molecular weight excluding hydrogens is 279 g/mol. The van der Waals surface area contributed by atoms with Crippen LogP contribution in [0.15, 0.2) is 35.1 Å². The van der Waals surface area contributed by atoms with Gasteiger partial charge in [-0.2, -0.15) is 5.10 Å². The van der Waals surface area contributed by atoms with Gasteiger partial charge in [0.25, 0.3) is 0 Å². The van der Waals surface area contributed by atoms with Crippen molar-refractivity contribution in [1.82, 2.24) is 9.78 Å². The third kappa shape index (κ3) is 2.11. The van der Waals surface area contributed by atoms with Crippen LogP contribution in [0, 0.1) is 0 Å². The Labute approximate surface area is 99.8 Å². The Bertz CT molecular complexity index is 510. The summed E-state index contributed by atoms with van der Waals surface area (Å²) in [7, 11) is 0. The molecule has 0 aliphatic heterocycles. The lowest BCUT2D eigenvalue weighted by Crippen LogP contribution is -1.96. The molecule has 76 valence electrons. The van der Waals surface area contributed by atoms with Crippen molar-refractivity contribution in [3.8, 4) is 5.69 Å². The van der Waals surface area contributed by atoms with Gasteiger partial charge >= 0.3 is 0 Å². The summed E-state index contributed by atoms with van der Waals surface area (Å²) in [5.41, 5.74) is 1.45. The van der Waals surface area contributed by atoms with Gasteiger partial charge in [-0.3, -0.25) is 4.79 Å². The molecule has 0 aliphatic rings. The van der Waals surface area contributed by atoms with Crippen LogP contribution >= 0.6 is 27.5 Å². The number of nitrogens with zero attached hydrogens (tertiary/aromatic N) is 2. The monoisotopic (exact) mass is 284 g/mol. The van der Waals surface area contributed by atoms with Gasteiger partial charge in [0.1, 0.15) is 6.29 Å². The first-order valence-corrected chi connectivity index (χ1v) is 5.33. The summed E-state index contributed by atoms with van der Waals surface area (Å²) in [6, 6.07) is 5.26. The molecule has 0 bridgehead atoms. The molecule has 0 atom stereocenters. The summed E-state index contributed by atoms with van der Waals surface area (Å²) < 4.78 is 2.44. The molecule has 0 unspecified atom stereocenters. The number of carbonyl (C=O) groups is 1. The lowest BCUT2D eigenvalue weighted by Gasteiger charge is -2.04. The van der Waals surface area contributed by atoms with E-state index < -0.39 is 0 Å². The molecule has 2 aromatic rings. The van der Waals surface area contributed by atoms with Gasteiger partial charge in [-0.1, -0.05) is 11.6 Å². The predicted molar refractivity (Wildman–Crippen MR) is 61.7 cm³/mol. The Morgan fingerprint density at radius 3 is 2.80 bits per heavy atom. The minimum absolute atomic E-state index is 0.571. The fourth-order valence-corrected chi connectivity index (χ4v) is 1.93. The maximum atomic E-state index is 10.5. The van der Waals surface area contributed by atoms with E-state index in [1.54, 1.807) is 35.3 Å². The van der Waals surface area contributed by atoms with Gasteiger partial charge in [-0.25, -0.2) is 4.68 Å². The first-order chi connectivity index (χ1) is 7.20. The van der Waals surface area contributed by atoms with Crippen molar-refractivity contribution in [3.63, 3.8) is 0 Å². The van der Waals surface area contributed by atoms with Gasteiger partial charge in [-0.15, -0.1) is 0 Å². The van der Waals surface area contributed by atoms with Gasteiger partial charge < -0.3 is 0 Å². The van der Waals surface area contributed by atoms with E-state index >= 15 is 0 Å². The minimum Gasteiger partial charge on any atom is -0.298 e. The molecule has 3 nitrogen and oxygen atoms in total. The number of hydrogen-bond donors (Lipinski definition) is 0. The van der Waals surface area contributed by atoms with Gasteiger partial charge in [0, 0.05) is 16.2 Å². The van der Waals surface area contributed by atoms with Crippen LogP contribution < -0.4 is 0 Å². The SMILES string of the molecule is O=Cc1ccc(-n2cc(Cl)cn2)c(Br)c1. The third-order valence-electron chi connectivity index (χ3n) is 1.91. The molecule has 5 heteroatoms. The van der Waals surface area contributed by atoms with E-state index in [1.807, 2.05) is 0 Å². The van der Waals surface area contributed by atoms with Gasteiger partial charge in [0.05, 0.1) is 16.9 Å². The van der Waals surface area contributed by atoms with Crippen molar-refractivity contribution in [3.05, 3.63) is 45.7 Å². The molecule has 1 aromatic carbocycles. The van der Waals surface area contributed by atoms with Crippen LogP contribution in [-0.4, -0.2) is 16.1 Å². The molecule has 0 aliphatic carbocycles. The zero-order chi connectivity index (χ0) is 10.8. The van der Waals surface area contributed by atoms with Crippen LogP contribution in [0.5, 0.6) is 0 Å². The quantitative estimate of drug-likeness (QED) is 0.795. The minimum atomic E-state index is 0.571. The Balaban J connectivity index is 2.49. The Morgan fingerprint density at radius 1 is 1.47 bits per heavy atom. The molecule has 0 radical (unpaired) electrons. The standard InChI is InChI=1S/C10H6BrClN2O/c11-9-3-7(6-15)1-2-10(9)14-5-8(12)4-13-14/h1-6H. The number of aldehydes is 1. The summed E-state index contributed by atoms with van der Waals surface area (Å²) in [6.45, 7) is 0. The predicted octanol–water partition coefficient (Wildman–Crippen LogP) is 3.10. The van der Waals surface area contributed by atoms with E-state index in [0.717, 1.165) is 16.4 Å². The second-order valence-corrected chi connectivity index (χ2v) is 4.22. The maximum absolute atomic E-state index is 10.5. The van der Waals surface area contributed by atoms with E-state index in [4.69, 9.17) is 11.6 Å². The molecule has 0 saturated carbocycles. The molecule has 0 amide bonds. The zero-order valence-electron chi connectivity index (χ0n) is 7.52. The maximum Gasteiger partial charge on any atom is 0.150 e. The third-order valence-corrected chi connectivity index (χ3v) is 2.74. The molecule has 0 spiro atoms. The van der Waals surface area contributed by atoms with E-state index in [0.29, 0.717) is 10.6 Å². The van der Waals surface area contributed by atoms with Crippen LogP contribution in [0.2, 0.25) is 5.02 Å². The Morgan fingerprint density at radius 2 is 2.27 bits per heavy atom. The molecule has 1 heterocycles. The summed E-state index contributed by atoms with van der Waals surface area (Å²) >= 11 is 9.14. The van der Waals surface area contributed by atoms with Gasteiger partial charge in [0.2, 0.25) is 0 Å². The molecule has 2 rings (SSSR count). The molecule has 0 saturated heterocycles. The summed E-state index contributed by atoms with van der Waals surface area (Å²) in [6.07, 6.45) is 4.05. The highest BCUT2D eigenvalue weighted by Crippen LogP contribution is 2.22. The number of hydrogen-bond acceptors (Lipinski definition) is 2. The van der Waals surface area contributed by atoms with Gasteiger partial charge in [-0.05, 0) is 34.1 Å². The van der Waals surface area contributed by atoms with E-state index in [-0.39, 0.29) is 0 Å². The molecule has 15 heavy (non-hydrogen) atoms. The highest BCUT2D eigenvalue weighted by Gasteiger charge is 2.04. The molecule has 1 aromatic heterocycles. The van der Waals surface area contributed by atoms with Crippen LogP contribution in [-0.2, 0) is 0 Å². The van der Waals surface area contributed by atoms with E-state index in [9.17, 15) is 4.79 Å². The van der Waals surface area contributed by atoms with E-state index in [1.165, 1.54) is 0 Å². The zero-order valence-corrected chi connectivity index (χ0v) is 9.86. The fraction of sp³-hybridized carbons (Fsp3) is 0. The average Bonchev–Trinajstić information content (AvgIpc) is 2.64. The second kappa shape index (κ2) is 4.16. The van der Waals surface area contributed by atoms with Crippen molar-refractivity contribution in [2.75, 3.05) is 0 Å². The number of rotatable bonds is 2.